The van der Waals surface area contributed by atoms with E-state index in [0.717, 1.165) is 16.9 Å². The Hall–Kier alpha value is -2.55. The summed E-state index contributed by atoms with van der Waals surface area (Å²) >= 11 is 0. The maximum atomic E-state index is 11.3. The first kappa shape index (κ1) is 16.8. The Bertz CT molecular complexity index is 667. The van der Waals surface area contributed by atoms with Crippen LogP contribution in [0.5, 0.6) is 11.5 Å². The van der Waals surface area contributed by atoms with Crippen LogP contribution in [-0.4, -0.2) is 12.6 Å². The molecule has 2 aromatic rings. The highest BCUT2D eigenvalue weighted by atomic mass is 16.5. The molecule has 0 aromatic heterocycles. The fourth-order valence-corrected chi connectivity index (χ4v) is 1.94. The Morgan fingerprint density at radius 2 is 1.48 bits per heavy atom. The number of benzene rings is 2. The zero-order valence-electron chi connectivity index (χ0n) is 13.8. The van der Waals surface area contributed by atoms with Crippen LogP contribution in [0, 0.1) is 0 Å². The molecule has 0 aliphatic carbocycles. The van der Waals surface area contributed by atoms with Gasteiger partial charge in [0.15, 0.2) is 0 Å². The lowest BCUT2D eigenvalue weighted by Gasteiger charge is -2.08. The summed E-state index contributed by atoms with van der Waals surface area (Å²) in [6.07, 6.45) is 2.41. The lowest BCUT2D eigenvalue weighted by atomic mass is 10.1. The van der Waals surface area contributed by atoms with Crippen LogP contribution >= 0.6 is 0 Å². The largest absolute Gasteiger partial charge is 0.489 e. The van der Waals surface area contributed by atoms with Crippen molar-refractivity contribution in [3.05, 3.63) is 60.2 Å². The van der Waals surface area contributed by atoms with E-state index < -0.39 is 0 Å². The molecule has 0 radical (unpaired) electrons. The van der Waals surface area contributed by atoms with E-state index in [9.17, 15) is 4.79 Å². The minimum Gasteiger partial charge on any atom is -0.489 e. The van der Waals surface area contributed by atoms with Gasteiger partial charge in [0.1, 0.15) is 18.1 Å². The van der Waals surface area contributed by atoms with Gasteiger partial charge in [-0.15, -0.1) is 0 Å². The van der Waals surface area contributed by atoms with Crippen LogP contribution in [0.3, 0.4) is 0 Å². The normalized spacial score (nSPS) is 11.2. The van der Waals surface area contributed by atoms with Gasteiger partial charge >= 0.3 is 5.97 Å². The molecule has 2 aromatic carbocycles. The van der Waals surface area contributed by atoms with Crippen molar-refractivity contribution >= 4 is 5.97 Å². The molecule has 23 heavy (non-hydrogen) atoms. The van der Waals surface area contributed by atoms with Crippen molar-refractivity contribution in [1.29, 1.82) is 0 Å². The number of carbonyl (C=O) groups excluding carboxylic acids is 1. The van der Waals surface area contributed by atoms with Crippen LogP contribution < -0.4 is 9.47 Å². The average molecular weight is 310 g/mol. The molecule has 0 N–H and O–H groups in total. The number of allylic oxidation sites excluding steroid dienone is 1. The molecule has 2 rings (SSSR count). The molecule has 120 valence electrons. The maximum Gasteiger partial charge on any atom is 0.310 e. The van der Waals surface area contributed by atoms with Crippen molar-refractivity contribution in [2.45, 2.75) is 27.2 Å². The highest BCUT2D eigenvalue weighted by molar-refractivity contribution is 5.72. The van der Waals surface area contributed by atoms with Crippen molar-refractivity contribution in [1.82, 2.24) is 0 Å². The van der Waals surface area contributed by atoms with Gasteiger partial charge in [0, 0.05) is 6.42 Å². The number of hydrogen-bond acceptors (Lipinski definition) is 3. The molecular weight excluding hydrogens is 288 g/mol. The van der Waals surface area contributed by atoms with Gasteiger partial charge < -0.3 is 9.47 Å². The minimum absolute atomic E-state index is 0.226. The Kier molecular flexibility index (Phi) is 5.98. The zero-order chi connectivity index (χ0) is 16.7. The van der Waals surface area contributed by atoms with Crippen molar-refractivity contribution in [3.63, 3.8) is 0 Å². The van der Waals surface area contributed by atoms with Crippen LogP contribution in [0.15, 0.2) is 60.2 Å². The molecule has 0 spiro atoms. The molecule has 0 heterocycles. The Balaban J connectivity index is 2.03. The summed E-state index contributed by atoms with van der Waals surface area (Å²) in [5.41, 5.74) is 3.36. The highest BCUT2D eigenvalue weighted by Gasteiger charge is 2.03. The summed E-state index contributed by atoms with van der Waals surface area (Å²) in [6.45, 7) is 6.43. The molecule has 0 fully saturated rings. The molecule has 0 atom stereocenters. The van der Waals surface area contributed by atoms with Crippen molar-refractivity contribution in [2.24, 2.45) is 0 Å². The molecule has 0 aliphatic rings. The number of carbonyl (C=O) groups is 1. The smallest absolute Gasteiger partial charge is 0.310 e. The van der Waals surface area contributed by atoms with Gasteiger partial charge in [0.25, 0.3) is 0 Å². The van der Waals surface area contributed by atoms with Crippen molar-refractivity contribution in [3.8, 4) is 22.6 Å². The molecule has 0 aliphatic heterocycles. The first-order valence-electron chi connectivity index (χ1n) is 7.78. The van der Waals surface area contributed by atoms with Gasteiger partial charge in [-0.25, -0.2) is 0 Å². The van der Waals surface area contributed by atoms with Gasteiger partial charge in [0.05, 0.1) is 0 Å². The van der Waals surface area contributed by atoms with E-state index in [2.05, 4.69) is 0 Å². The molecule has 0 bridgehead atoms. The van der Waals surface area contributed by atoms with E-state index in [1.54, 1.807) is 6.92 Å². The lowest BCUT2D eigenvalue weighted by Crippen LogP contribution is -2.05. The first-order chi connectivity index (χ1) is 11.1. The molecule has 0 saturated carbocycles. The summed E-state index contributed by atoms with van der Waals surface area (Å²) in [4.78, 5) is 11.3. The van der Waals surface area contributed by atoms with Gasteiger partial charge in [-0.3, -0.25) is 4.79 Å². The predicted molar refractivity (Wildman–Crippen MR) is 92.7 cm³/mol. The molecule has 3 nitrogen and oxygen atoms in total. The minimum atomic E-state index is -0.226. The van der Waals surface area contributed by atoms with E-state index in [4.69, 9.17) is 9.47 Å². The third kappa shape index (κ3) is 4.99. The number of rotatable bonds is 6. The monoisotopic (exact) mass is 310 g/mol. The second kappa shape index (κ2) is 8.18. The molecule has 0 unspecified atom stereocenters. The second-order valence-electron chi connectivity index (χ2n) is 5.30. The summed E-state index contributed by atoms with van der Waals surface area (Å²) < 4.78 is 10.9. The van der Waals surface area contributed by atoms with E-state index >= 15 is 0 Å². The van der Waals surface area contributed by atoms with Crippen LogP contribution in [0.25, 0.3) is 11.1 Å². The second-order valence-corrected chi connectivity index (χ2v) is 5.30. The van der Waals surface area contributed by atoms with E-state index in [1.165, 1.54) is 5.57 Å². The van der Waals surface area contributed by atoms with Crippen LogP contribution in [0.1, 0.15) is 27.2 Å². The fourth-order valence-electron chi connectivity index (χ4n) is 1.94. The predicted octanol–water partition coefficient (Wildman–Crippen LogP) is 5.01. The van der Waals surface area contributed by atoms with Crippen molar-refractivity contribution < 1.29 is 14.3 Å². The third-order valence-electron chi connectivity index (χ3n) is 3.52. The van der Waals surface area contributed by atoms with E-state index in [1.807, 2.05) is 68.5 Å². The summed E-state index contributed by atoms with van der Waals surface area (Å²) in [6, 6.07) is 15.5. The number of esters is 1. The van der Waals surface area contributed by atoms with Gasteiger partial charge in [0.2, 0.25) is 0 Å². The fraction of sp³-hybridized carbons (Fsp3) is 0.250. The first-order valence-corrected chi connectivity index (χ1v) is 7.78. The number of hydrogen-bond donors (Lipinski definition) is 0. The summed E-state index contributed by atoms with van der Waals surface area (Å²) in [5, 5.41) is 0. The standard InChI is InChI=1S/C20H22O3/c1-4-15(3)14-22-18-10-6-16(7-11-18)17-8-12-19(13-9-17)23-20(21)5-2/h4,6-13H,5,14H2,1-3H3. The third-order valence-corrected chi connectivity index (χ3v) is 3.52. The lowest BCUT2D eigenvalue weighted by molar-refractivity contribution is -0.134. The number of ether oxygens (including phenoxy) is 2. The quantitative estimate of drug-likeness (QED) is 0.427. The van der Waals surface area contributed by atoms with E-state index in [0.29, 0.717) is 18.8 Å². The Morgan fingerprint density at radius 3 is 1.96 bits per heavy atom. The SMILES string of the molecule is CC=C(C)COc1ccc(-c2ccc(OC(=O)CC)cc2)cc1. The molecule has 0 amide bonds. The van der Waals surface area contributed by atoms with Crippen LogP contribution in [-0.2, 0) is 4.79 Å². The highest BCUT2D eigenvalue weighted by Crippen LogP contribution is 2.25. The molecule has 0 saturated heterocycles. The molecule has 3 heteroatoms. The maximum absolute atomic E-state index is 11.3. The van der Waals surface area contributed by atoms with E-state index in [-0.39, 0.29) is 5.97 Å². The van der Waals surface area contributed by atoms with Crippen LogP contribution in [0.4, 0.5) is 0 Å². The summed E-state index contributed by atoms with van der Waals surface area (Å²) in [5.74, 6) is 1.20. The van der Waals surface area contributed by atoms with Gasteiger partial charge in [-0.2, -0.15) is 0 Å². The van der Waals surface area contributed by atoms with Gasteiger partial charge in [-0.1, -0.05) is 37.3 Å². The van der Waals surface area contributed by atoms with Gasteiger partial charge in [-0.05, 0) is 54.8 Å². The summed E-state index contributed by atoms with van der Waals surface area (Å²) in [7, 11) is 0. The average Bonchev–Trinajstić information content (AvgIpc) is 2.60. The topological polar surface area (TPSA) is 35.5 Å². The van der Waals surface area contributed by atoms with Crippen molar-refractivity contribution in [2.75, 3.05) is 6.61 Å². The Labute approximate surface area is 137 Å². The molecular formula is C20H22O3. The Morgan fingerprint density at radius 1 is 0.957 bits per heavy atom. The zero-order valence-corrected chi connectivity index (χ0v) is 13.8. The van der Waals surface area contributed by atoms with Crippen LogP contribution in [0.2, 0.25) is 0 Å².